The summed E-state index contributed by atoms with van der Waals surface area (Å²) in [6.07, 6.45) is 4.06. The van der Waals surface area contributed by atoms with Crippen molar-refractivity contribution >= 4 is 17.7 Å². The summed E-state index contributed by atoms with van der Waals surface area (Å²) < 4.78 is 5.95. The van der Waals surface area contributed by atoms with Crippen LogP contribution in [0.5, 0.6) is 5.75 Å². The smallest absolute Gasteiger partial charge is 0.255 e. The molecule has 0 saturated carbocycles. The number of amides is 1. The van der Waals surface area contributed by atoms with E-state index >= 15 is 0 Å². The zero-order valence-electron chi connectivity index (χ0n) is 13.0. The maximum absolute atomic E-state index is 12.3. The molecule has 2 aromatic carbocycles. The Bertz CT molecular complexity index is 746. The van der Waals surface area contributed by atoms with Gasteiger partial charge in [-0.1, -0.05) is 24.3 Å². The summed E-state index contributed by atoms with van der Waals surface area (Å²) in [5, 5.41) is 2.97. The van der Waals surface area contributed by atoms with Crippen molar-refractivity contribution in [3.8, 4) is 5.75 Å². The van der Waals surface area contributed by atoms with E-state index in [2.05, 4.69) is 5.32 Å². The van der Waals surface area contributed by atoms with Crippen molar-refractivity contribution in [1.29, 1.82) is 0 Å². The summed E-state index contributed by atoms with van der Waals surface area (Å²) >= 11 is 0. The average Bonchev–Trinajstić information content (AvgIpc) is 2.48. The van der Waals surface area contributed by atoms with Crippen molar-refractivity contribution < 1.29 is 9.53 Å². The Morgan fingerprint density at radius 1 is 1.14 bits per heavy atom. The molecule has 3 rings (SSSR count). The van der Waals surface area contributed by atoms with Crippen LogP contribution in [-0.2, 0) is 0 Å². The topological polar surface area (TPSA) is 38.3 Å². The summed E-state index contributed by atoms with van der Waals surface area (Å²) in [5.74, 6) is 0.743. The number of anilines is 1. The molecular formula is C19H19NO2. The molecule has 1 heterocycles. The van der Waals surface area contributed by atoms with Crippen LogP contribution in [0.25, 0.3) is 6.08 Å². The lowest BCUT2D eigenvalue weighted by molar-refractivity contribution is 0.102. The third kappa shape index (κ3) is 2.89. The average molecular weight is 293 g/mol. The van der Waals surface area contributed by atoms with Gasteiger partial charge in [0.15, 0.2) is 0 Å². The van der Waals surface area contributed by atoms with Crippen LogP contribution < -0.4 is 10.1 Å². The second-order valence-electron chi connectivity index (χ2n) is 6.06. The van der Waals surface area contributed by atoms with Crippen molar-refractivity contribution in [1.82, 2.24) is 0 Å². The van der Waals surface area contributed by atoms with Gasteiger partial charge in [-0.25, -0.2) is 0 Å². The highest BCUT2D eigenvalue weighted by atomic mass is 16.5. The zero-order valence-corrected chi connectivity index (χ0v) is 13.0. The molecule has 0 fully saturated rings. The molecular weight excluding hydrogens is 274 g/mol. The van der Waals surface area contributed by atoms with Gasteiger partial charge in [0.25, 0.3) is 5.91 Å². The van der Waals surface area contributed by atoms with Gasteiger partial charge in [-0.2, -0.15) is 0 Å². The maximum atomic E-state index is 12.3. The Balaban J connectivity index is 1.88. The van der Waals surface area contributed by atoms with Gasteiger partial charge < -0.3 is 10.1 Å². The monoisotopic (exact) mass is 293 g/mol. The summed E-state index contributed by atoms with van der Waals surface area (Å²) in [7, 11) is 0. The van der Waals surface area contributed by atoms with Crippen LogP contribution in [0.2, 0.25) is 0 Å². The summed E-state index contributed by atoms with van der Waals surface area (Å²) in [4.78, 5) is 12.3. The van der Waals surface area contributed by atoms with Gasteiger partial charge >= 0.3 is 0 Å². The minimum Gasteiger partial charge on any atom is -0.483 e. The van der Waals surface area contributed by atoms with Crippen molar-refractivity contribution in [2.45, 2.75) is 26.4 Å². The van der Waals surface area contributed by atoms with E-state index in [9.17, 15) is 4.79 Å². The van der Waals surface area contributed by atoms with E-state index in [4.69, 9.17) is 4.74 Å². The third-order valence-electron chi connectivity index (χ3n) is 3.68. The molecule has 0 atom stereocenters. The molecule has 112 valence electrons. The van der Waals surface area contributed by atoms with E-state index in [1.54, 1.807) is 12.1 Å². The quantitative estimate of drug-likeness (QED) is 0.889. The Morgan fingerprint density at radius 3 is 2.59 bits per heavy atom. The van der Waals surface area contributed by atoms with Gasteiger partial charge in [0.1, 0.15) is 11.4 Å². The lowest BCUT2D eigenvalue weighted by atomic mass is 10.00. The van der Waals surface area contributed by atoms with Crippen LogP contribution in [-0.4, -0.2) is 11.5 Å². The van der Waals surface area contributed by atoms with E-state index < -0.39 is 0 Å². The Morgan fingerprint density at radius 2 is 1.86 bits per heavy atom. The van der Waals surface area contributed by atoms with Gasteiger partial charge in [-0.3, -0.25) is 4.79 Å². The number of carbonyl (C=O) groups is 1. The van der Waals surface area contributed by atoms with Crippen molar-refractivity contribution in [2.75, 3.05) is 5.32 Å². The molecule has 1 aliphatic heterocycles. The molecule has 0 bridgehead atoms. The highest BCUT2D eigenvalue weighted by Crippen LogP contribution is 2.34. The van der Waals surface area contributed by atoms with E-state index in [1.165, 1.54) is 0 Å². The highest BCUT2D eigenvalue weighted by Gasteiger charge is 2.22. The van der Waals surface area contributed by atoms with Gasteiger partial charge in [-0.05, 0) is 56.7 Å². The fourth-order valence-electron chi connectivity index (χ4n) is 2.44. The number of carbonyl (C=O) groups excluding carboxylic acids is 1. The lowest BCUT2D eigenvalue weighted by Crippen LogP contribution is -2.27. The molecule has 0 unspecified atom stereocenters. The second kappa shape index (κ2) is 5.34. The molecule has 22 heavy (non-hydrogen) atoms. The molecule has 0 radical (unpaired) electrons. The molecule has 0 aromatic heterocycles. The fourth-order valence-corrected chi connectivity index (χ4v) is 2.44. The largest absolute Gasteiger partial charge is 0.483 e. The first-order valence-electron chi connectivity index (χ1n) is 7.34. The fraction of sp³-hybridized carbons (Fsp3) is 0.211. The molecule has 3 nitrogen and oxygen atoms in total. The van der Waals surface area contributed by atoms with Crippen LogP contribution >= 0.6 is 0 Å². The van der Waals surface area contributed by atoms with Crippen molar-refractivity contribution in [2.24, 2.45) is 0 Å². The number of fused-ring (bicyclic) bond motifs is 1. The summed E-state index contributed by atoms with van der Waals surface area (Å²) in [6, 6.07) is 13.1. The van der Waals surface area contributed by atoms with Crippen LogP contribution in [0, 0.1) is 6.92 Å². The first kappa shape index (κ1) is 14.4. The van der Waals surface area contributed by atoms with Gasteiger partial charge in [-0.15, -0.1) is 0 Å². The van der Waals surface area contributed by atoms with E-state index in [0.717, 1.165) is 22.6 Å². The molecule has 0 aliphatic carbocycles. The molecule has 1 N–H and O–H groups in total. The molecule has 1 aliphatic rings. The number of hydrogen-bond acceptors (Lipinski definition) is 2. The number of hydrogen-bond donors (Lipinski definition) is 1. The lowest BCUT2D eigenvalue weighted by Gasteiger charge is -2.28. The van der Waals surface area contributed by atoms with Crippen LogP contribution in [0.4, 0.5) is 5.69 Å². The normalized spacial score (nSPS) is 14.9. The number of ether oxygens (including phenoxy) is 1. The highest BCUT2D eigenvalue weighted by molar-refractivity contribution is 6.04. The summed E-state index contributed by atoms with van der Waals surface area (Å²) in [5.41, 5.74) is 3.12. The zero-order chi connectivity index (χ0) is 15.7. The number of nitrogens with one attached hydrogen (secondary N) is 1. The van der Waals surface area contributed by atoms with Crippen molar-refractivity contribution in [3.05, 3.63) is 65.2 Å². The maximum Gasteiger partial charge on any atom is 0.255 e. The number of aryl methyl sites for hydroxylation is 1. The van der Waals surface area contributed by atoms with Crippen LogP contribution in [0.1, 0.15) is 35.3 Å². The molecule has 2 aromatic rings. The Hall–Kier alpha value is -2.55. The second-order valence-corrected chi connectivity index (χ2v) is 6.06. The Labute approximate surface area is 130 Å². The van der Waals surface area contributed by atoms with Gasteiger partial charge in [0.05, 0.1) is 0 Å². The predicted octanol–water partition coefficient (Wildman–Crippen LogP) is 4.43. The SMILES string of the molecule is Cc1cc2c(cc1NC(=O)c1ccccc1)C=CC(C)(C)O2. The summed E-state index contributed by atoms with van der Waals surface area (Å²) in [6.45, 7) is 6.01. The molecule has 0 saturated heterocycles. The first-order chi connectivity index (χ1) is 10.4. The minimum absolute atomic E-state index is 0.107. The minimum atomic E-state index is -0.297. The number of benzene rings is 2. The molecule has 3 heteroatoms. The van der Waals surface area contributed by atoms with Gasteiger partial charge in [0.2, 0.25) is 0 Å². The van der Waals surface area contributed by atoms with E-state index in [1.807, 2.05) is 63.3 Å². The van der Waals surface area contributed by atoms with E-state index in [0.29, 0.717) is 5.56 Å². The predicted molar refractivity (Wildman–Crippen MR) is 89.3 cm³/mol. The third-order valence-corrected chi connectivity index (χ3v) is 3.68. The van der Waals surface area contributed by atoms with Crippen LogP contribution in [0.3, 0.4) is 0 Å². The molecule has 0 spiro atoms. The Kier molecular flexibility index (Phi) is 3.49. The van der Waals surface area contributed by atoms with E-state index in [-0.39, 0.29) is 11.5 Å². The van der Waals surface area contributed by atoms with Gasteiger partial charge in [0, 0.05) is 16.8 Å². The number of rotatable bonds is 2. The molecule has 1 amide bonds. The first-order valence-corrected chi connectivity index (χ1v) is 7.34. The van der Waals surface area contributed by atoms with Crippen LogP contribution in [0.15, 0.2) is 48.5 Å². The van der Waals surface area contributed by atoms with Crippen molar-refractivity contribution in [3.63, 3.8) is 0 Å². The standard InChI is InChI=1S/C19H19NO2/c1-13-11-17-15(9-10-19(2,3)22-17)12-16(13)20-18(21)14-7-5-4-6-8-14/h4-12H,1-3H3,(H,20,21).